The number of hydrogen-bond donors (Lipinski definition) is 2. The summed E-state index contributed by atoms with van der Waals surface area (Å²) in [5, 5.41) is 6.83. The van der Waals surface area contributed by atoms with Gasteiger partial charge in [-0.1, -0.05) is 38.1 Å². The average Bonchev–Trinajstić information content (AvgIpc) is 2.58. The molecule has 1 fully saturated rings. The van der Waals surface area contributed by atoms with Crippen molar-refractivity contribution < 1.29 is 4.74 Å². The minimum Gasteiger partial charge on any atom is -0.373 e. The number of guanidine groups is 1. The van der Waals surface area contributed by atoms with Crippen molar-refractivity contribution in [1.82, 2.24) is 15.5 Å². The first kappa shape index (κ1) is 20.7. The Hall–Kier alpha value is -1.59. The van der Waals surface area contributed by atoms with Crippen LogP contribution in [0, 0.1) is 5.92 Å². The summed E-state index contributed by atoms with van der Waals surface area (Å²) < 4.78 is 5.81. The van der Waals surface area contributed by atoms with Crippen molar-refractivity contribution >= 4 is 5.96 Å². The molecule has 0 aliphatic carbocycles. The number of benzene rings is 1. The highest BCUT2D eigenvalue weighted by molar-refractivity contribution is 5.79. The first-order valence-corrected chi connectivity index (χ1v) is 9.80. The molecule has 5 nitrogen and oxygen atoms in total. The molecule has 146 valence electrons. The predicted octanol–water partition coefficient (Wildman–Crippen LogP) is 3.01. The standard InChI is InChI=1S/C21H36N4O/c1-15(2)18(5)24-21(22-6)23-11-19-7-9-20(10-8-19)14-25-12-16(3)26-17(4)13-25/h7-10,15-18H,11-14H2,1-6H3,(H2,22,23,24). The molecule has 1 aliphatic rings. The molecular formula is C21H36N4O. The summed E-state index contributed by atoms with van der Waals surface area (Å²) in [5.41, 5.74) is 2.61. The zero-order valence-corrected chi connectivity index (χ0v) is 17.2. The molecule has 1 aromatic carbocycles. The number of aliphatic imine (C=N–C) groups is 1. The molecule has 0 spiro atoms. The summed E-state index contributed by atoms with van der Waals surface area (Å²) >= 11 is 0. The van der Waals surface area contributed by atoms with Gasteiger partial charge in [-0.25, -0.2) is 0 Å². The van der Waals surface area contributed by atoms with Crippen molar-refractivity contribution in [2.45, 2.75) is 66.0 Å². The van der Waals surface area contributed by atoms with Crippen molar-refractivity contribution in [3.63, 3.8) is 0 Å². The average molecular weight is 361 g/mol. The fourth-order valence-electron chi connectivity index (χ4n) is 3.20. The number of nitrogens with zero attached hydrogens (tertiary/aromatic N) is 2. The second-order valence-corrected chi connectivity index (χ2v) is 7.87. The molecule has 5 heteroatoms. The van der Waals surface area contributed by atoms with E-state index in [1.165, 1.54) is 11.1 Å². The summed E-state index contributed by atoms with van der Waals surface area (Å²) in [6.07, 6.45) is 0.629. The van der Waals surface area contributed by atoms with E-state index in [9.17, 15) is 0 Å². The SMILES string of the molecule is CN=C(NCc1ccc(CN2CC(C)OC(C)C2)cc1)NC(C)C(C)C. The highest BCUT2D eigenvalue weighted by Crippen LogP contribution is 2.14. The predicted molar refractivity (Wildman–Crippen MR) is 109 cm³/mol. The van der Waals surface area contributed by atoms with Gasteiger partial charge in [0.25, 0.3) is 0 Å². The minimum absolute atomic E-state index is 0.315. The van der Waals surface area contributed by atoms with Crippen LogP contribution < -0.4 is 10.6 Å². The number of ether oxygens (including phenoxy) is 1. The van der Waals surface area contributed by atoms with E-state index >= 15 is 0 Å². The van der Waals surface area contributed by atoms with Gasteiger partial charge in [-0.3, -0.25) is 9.89 Å². The molecule has 0 saturated carbocycles. The van der Waals surface area contributed by atoms with Gasteiger partial charge >= 0.3 is 0 Å². The highest BCUT2D eigenvalue weighted by Gasteiger charge is 2.21. The molecule has 2 N–H and O–H groups in total. The topological polar surface area (TPSA) is 48.9 Å². The molecule has 0 radical (unpaired) electrons. The van der Waals surface area contributed by atoms with Crippen LogP contribution in [0.4, 0.5) is 0 Å². The van der Waals surface area contributed by atoms with E-state index in [-0.39, 0.29) is 0 Å². The van der Waals surface area contributed by atoms with E-state index in [0.717, 1.165) is 32.1 Å². The van der Waals surface area contributed by atoms with Gasteiger partial charge in [0.05, 0.1) is 12.2 Å². The first-order valence-electron chi connectivity index (χ1n) is 9.80. The molecule has 0 bridgehead atoms. The monoisotopic (exact) mass is 360 g/mol. The molecule has 3 atom stereocenters. The Kier molecular flexibility index (Phi) is 7.91. The Labute approximate surface area is 159 Å². The fraction of sp³-hybridized carbons (Fsp3) is 0.667. The van der Waals surface area contributed by atoms with Crippen LogP contribution in [0.1, 0.15) is 45.7 Å². The lowest BCUT2D eigenvalue weighted by atomic mass is 10.1. The van der Waals surface area contributed by atoms with E-state index in [1.807, 2.05) is 7.05 Å². The molecule has 3 unspecified atom stereocenters. The quantitative estimate of drug-likeness (QED) is 0.605. The number of rotatable bonds is 6. The number of morpholine rings is 1. The Morgan fingerprint density at radius 2 is 1.69 bits per heavy atom. The Bertz CT molecular complexity index is 560. The number of nitrogens with one attached hydrogen (secondary N) is 2. The second kappa shape index (κ2) is 9.93. The molecule has 26 heavy (non-hydrogen) atoms. The van der Waals surface area contributed by atoms with Gasteiger partial charge in [0.2, 0.25) is 0 Å². The maximum Gasteiger partial charge on any atom is 0.191 e. The first-order chi connectivity index (χ1) is 12.4. The van der Waals surface area contributed by atoms with E-state index in [2.05, 4.69) is 79.4 Å². The minimum atomic E-state index is 0.315. The molecule has 1 saturated heterocycles. The Balaban J connectivity index is 1.83. The normalized spacial score (nSPS) is 23.1. The third-order valence-corrected chi connectivity index (χ3v) is 4.97. The van der Waals surface area contributed by atoms with Crippen LogP contribution in [0.15, 0.2) is 29.3 Å². The van der Waals surface area contributed by atoms with Crippen molar-refractivity contribution in [2.24, 2.45) is 10.9 Å². The number of hydrogen-bond acceptors (Lipinski definition) is 3. The van der Waals surface area contributed by atoms with Crippen LogP contribution in [-0.2, 0) is 17.8 Å². The Morgan fingerprint density at radius 3 is 2.23 bits per heavy atom. The smallest absolute Gasteiger partial charge is 0.191 e. The zero-order valence-electron chi connectivity index (χ0n) is 17.2. The molecule has 1 aromatic rings. The molecule has 0 amide bonds. The summed E-state index contributed by atoms with van der Waals surface area (Å²) in [6.45, 7) is 14.7. The Morgan fingerprint density at radius 1 is 1.12 bits per heavy atom. The largest absolute Gasteiger partial charge is 0.373 e. The maximum absolute atomic E-state index is 5.81. The third-order valence-electron chi connectivity index (χ3n) is 4.97. The fourth-order valence-corrected chi connectivity index (χ4v) is 3.20. The van der Waals surface area contributed by atoms with Crippen LogP contribution in [0.5, 0.6) is 0 Å². The highest BCUT2D eigenvalue weighted by atomic mass is 16.5. The molecule has 1 aliphatic heterocycles. The van der Waals surface area contributed by atoms with Gasteiger partial charge in [-0.15, -0.1) is 0 Å². The van der Waals surface area contributed by atoms with Gasteiger partial charge in [-0.2, -0.15) is 0 Å². The molecule has 1 heterocycles. The van der Waals surface area contributed by atoms with Crippen molar-refractivity contribution in [3.05, 3.63) is 35.4 Å². The van der Waals surface area contributed by atoms with Crippen LogP contribution in [0.3, 0.4) is 0 Å². The molecule has 2 rings (SSSR count). The van der Waals surface area contributed by atoms with E-state index in [4.69, 9.17) is 4.74 Å². The van der Waals surface area contributed by atoms with Gasteiger partial charge in [0.15, 0.2) is 5.96 Å². The lowest BCUT2D eigenvalue weighted by Gasteiger charge is -2.35. The molecular weight excluding hydrogens is 324 g/mol. The van der Waals surface area contributed by atoms with Gasteiger partial charge in [0.1, 0.15) is 0 Å². The van der Waals surface area contributed by atoms with Crippen LogP contribution in [0.25, 0.3) is 0 Å². The van der Waals surface area contributed by atoms with Crippen molar-refractivity contribution in [2.75, 3.05) is 20.1 Å². The van der Waals surface area contributed by atoms with Crippen LogP contribution in [0.2, 0.25) is 0 Å². The van der Waals surface area contributed by atoms with Crippen LogP contribution in [-0.4, -0.2) is 49.2 Å². The van der Waals surface area contributed by atoms with E-state index < -0.39 is 0 Å². The van der Waals surface area contributed by atoms with E-state index in [0.29, 0.717) is 24.2 Å². The van der Waals surface area contributed by atoms with Crippen molar-refractivity contribution in [1.29, 1.82) is 0 Å². The lowest BCUT2D eigenvalue weighted by molar-refractivity contribution is -0.0704. The summed E-state index contributed by atoms with van der Waals surface area (Å²) in [6, 6.07) is 9.26. The van der Waals surface area contributed by atoms with Crippen molar-refractivity contribution in [3.8, 4) is 0 Å². The maximum atomic E-state index is 5.81. The summed E-state index contributed by atoms with van der Waals surface area (Å²) in [7, 11) is 1.82. The molecule has 0 aromatic heterocycles. The van der Waals surface area contributed by atoms with Gasteiger partial charge in [0, 0.05) is 39.3 Å². The van der Waals surface area contributed by atoms with E-state index in [1.54, 1.807) is 0 Å². The zero-order chi connectivity index (χ0) is 19.1. The summed E-state index contributed by atoms with van der Waals surface area (Å²) in [4.78, 5) is 6.79. The van der Waals surface area contributed by atoms with Gasteiger partial charge in [-0.05, 0) is 37.8 Å². The van der Waals surface area contributed by atoms with Gasteiger partial charge < -0.3 is 15.4 Å². The lowest BCUT2D eigenvalue weighted by Crippen LogP contribution is -2.44. The summed E-state index contributed by atoms with van der Waals surface area (Å²) in [5.74, 6) is 1.42. The third kappa shape index (κ3) is 6.61. The second-order valence-electron chi connectivity index (χ2n) is 7.87. The van der Waals surface area contributed by atoms with Crippen LogP contribution >= 0.6 is 0 Å².